The Hall–Kier alpha value is -4.65. The minimum absolute atomic E-state index is 0.127. The minimum atomic E-state index is -1.00. The summed E-state index contributed by atoms with van der Waals surface area (Å²) in [5, 5.41) is 19.4. The van der Waals surface area contributed by atoms with Crippen LogP contribution in [-0.4, -0.2) is 56.0 Å². The van der Waals surface area contributed by atoms with Gasteiger partial charge in [-0.15, -0.1) is 0 Å². The van der Waals surface area contributed by atoms with Crippen LogP contribution in [0.2, 0.25) is 0 Å². The van der Waals surface area contributed by atoms with Crippen molar-refractivity contribution in [2.75, 3.05) is 13.2 Å². The number of aromatic nitrogens is 4. The molecule has 1 atom stereocenters. The molecule has 0 saturated heterocycles. The molecule has 2 aromatic heterocycles. The van der Waals surface area contributed by atoms with Gasteiger partial charge in [0.05, 0.1) is 11.1 Å². The van der Waals surface area contributed by atoms with Gasteiger partial charge in [0.15, 0.2) is 6.10 Å². The molecular formula is C29H32FN5O7. The lowest BCUT2D eigenvalue weighted by Gasteiger charge is -2.25. The van der Waals surface area contributed by atoms with Gasteiger partial charge in [-0.1, -0.05) is 37.2 Å². The molecule has 0 spiro atoms. The van der Waals surface area contributed by atoms with Gasteiger partial charge in [-0.05, 0) is 56.7 Å². The van der Waals surface area contributed by atoms with E-state index < -0.39 is 35.9 Å². The van der Waals surface area contributed by atoms with Crippen LogP contribution in [0.3, 0.4) is 0 Å². The smallest absolute Gasteiger partial charge is 0.331 e. The topological polar surface area (TPSA) is 163 Å². The first-order valence-corrected chi connectivity index (χ1v) is 13.3. The van der Waals surface area contributed by atoms with Crippen LogP contribution in [0.25, 0.3) is 22.8 Å². The maximum absolute atomic E-state index is 14.9. The van der Waals surface area contributed by atoms with Crippen LogP contribution >= 0.6 is 0 Å². The van der Waals surface area contributed by atoms with Crippen molar-refractivity contribution >= 4 is 11.9 Å². The van der Waals surface area contributed by atoms with Crippen molar-refractivity contribution in [1.82, 2.24) is 25.6 Å². The van der Waals surface area contributed by atoms with Crippen LogP contribution in [0, 0.1) is 5.82 Å². The average Bonchev–Trinajstić information content (AvgIpc) is 3.66. The number of carbonyl (C=O) groups excluding carboxylic acids is 2. The van der Waals surface area contributed by atoms with E-state index >= 15 is 0 Å². The van der Waals surface area contributed by atoms with E-state index in [0.29, 0.717) is 29.4 Å². The van der Waals surface area contributed by atoms with E-state index in [1.807, 2.05) is 32.9 Å². The summed E-state index contributed by atoms with van der Waals surface area (Å²) in [6.07, 6.45) is -0.0464. The number of benzene rings is 2. The summed E-state index contributed by atoms with van der Waals surface area (Å²) in [7, 11) is 0. The van der Waals surface area contributed by atoms with Crippen LogP contribution in [0.1, 0.15) is 75.2 Å². The molecule has 222 valence electrons. The molecule has 1 unspecified atom stereocenters. The summed E-state index contributed by atoms with van der Waals surface area (Å²) in [5.41, 5.74) is -0.146. The summed E-state index contributed by atoms with van der Waals surface area (Å²) in [5.74, 6) is -0.266. The van der Waals surface area contributed by atoms with Crippen LogP contribution in [0.15, 0.2) is 51.5 Å². The molecule has 0 aliphatic heterocycles. The minimum Gasteiger partial charge on any atom is -0.481 e. The van der Waals surface area contributed by atoms with Gasteiger partial charge in [0.2, 0.25) is 17.5 Å². The summed E-state index contributed by atoms with van der Waals surface area (Å²) in [6.45, 7) is 8.05. The van der Waals surface area contributed by atoms with Gasteiger partial charge in [0, 0.05) is 17.0 Å². The fraction of sp³-hybridized carbons (Fsp3) is 0.379. The van der Waals surface area contributed by atoms with Crippen molar-refractivity contribution in [3.63, 3.8) is 0 Å². The Morgan fingerprint density at radius 3 is 2.21 bits per heavy atom. The van der Waals surface area contributed by atoms with Gasteiger partial charge in [-0.2, -0.15) is 9.97 Å². The number of halogens is 1. The van der Waals surface area contributed by atoms with E-state index in [2.05, 4.69) is 25.6 Å². The van der Waals surface area contributed by atoms with Crippen LogP contribution in [0.5, 0.6) is 5.75 Å². The Labute approximate surface area is 241 Å². The lowest BCUT2D eigenvalue weighted by Crippen LogP contribution is -2.47. The zero-order valence-electron chi connectivity index (χ0n) is 23.9. The molecule has 42 heavy (non-hydrogen) atoms. The lowest BCUT2D eigenvalue weighted by atomic mass is 10.0. The highest BCUT2D eigenvalue weighted by atomic mass is 19.1. The van der Waals surface area contributed by atoms with Crippen LogP contribution in [-0.2, 0) is 9.53 Å². The monoisotopic (exact) mass is 581 g/mol. The largest absolute Gasteiger partial charge is 0.481 e. The number of rotatable bonds is 12. The second-order valence-electron chi connectivity index (χ2n) is 10.5. The molecular weight excluding hydrogens is 549 g/mol. The van der Waals surface area contributed by atoms with Gasteiger partial charge < -0.3 is 28.9 Å². The zero-order chi connectivity index (χ0) is 30.4. The number of carbonyl (C=O) groups is 2. The Balaban J connectivity index is 1.42. The number of amides is 1. The lowest BCUT2D eigenvalue weighted by molar-refractivity contribution is -0.148. The second-order valence-corrected chi connectivity index (χ2v) is 10.5. The number of aliphatic hydroxyl groups excluding tert-OH is 1. The number of esters is 1. The van der Waals surface area contributed by atoms with Crippen molar-refractivity contribution in [2.24, 2.45) is 0 Å². The predicted octanol–water partition coefficient (Wildman–Crippen LogP) is 4.62. The SMILES string of the molecule is CCC(Oc1ccc(-c2noc(C(C)C)n2)cc1)c1nc(-c2ccc(C(=O)NC(C)(C)COC(=O)CO)c(F)c2)no1. The fourth-order valence-corrected chi connectivity index (χ4v) is 3.78. The third-order valence-electron chi connectivity index (χ3n) is 6.06. The molecule has 0 fully saturated rings. The quantitative estimate of drug-likeness (QED) is 0.224. The number of nitrogens with one attached hydrogen (secondary N) is 1. The van der Waals surface area contributed by atoms with E-state index in [0.717, 1.165) is 11.6 Å². The molecule has 12 nitrogen and oxygen atoms in total. The van der Waals surface area contributed by atoms with Crippen LogP contribution in [0.4, 0.5) is 4.39 Å². The molecule has 0 aliphatic carbocycles. The van der Waals surface area contributed by atoms with E-state index in [4.69, 9.17) is 23.6 Å². The van der Waals surface area contributed by atoms with Crippen molar-refractivity contribution < 1.29 is 37.6 Å². The number of hydrogen-bond acceptors (Lipinski definition) is 11. The molecule has 4 aromatic rings. The molecule has 2 heterocycles. The van der Waals surface area contributed by atoms with E-state index in [1.165, 1.54) is 12.1 Å². The van der Waals surface area contributed by atoms with E-state index in [-0.39, 0.29) is 29.8 Å². The molecule has 0 bridgehead atoms. The maximum Gasteiger partial charge on any atom is 0.331 e. The van der Waals surface area contributed by atoms with Crippen molar-refractivity contribution in [1.29, 1.82) is 0 Å². The Morgan fingerprint density at radius 2 is 1.62 bits per heavy atom. The van der Waals surface area contributed by atoms with E-state index in [1.54, 1.807) is 26.0 Å². The zero-order valence-corrected chi connectivity index (χ0v) is 23.9. The number of ether oxygens (including phenoxy) is 2. The Kier molecular flexibility index (Phi) is 9.31. The average molecular weight is 582 g/mol. The fourth-order valence-electron chi connectivity index (χ4n) is 3.78. The molecule has 4 rings (SSSR count). The summed E-state index contributed by atoms with van der Waals surface area (Å²) in [4.78, 5) is 32.6. The molecule has 0 radical (unpaired) electrons. The molecule has 0 aliphatic rings. The summed E-state index contributed by atoms with van der Waals surface area (Å²) in [6, 6.07) is 11.1. The highest BCUT2D eigenvalue weighted by Crippen LogP contribution is 2.28. The molecule has 1 amide bonds. The summed E-state index contributed by atoms with van der Waals surface area (Å²) < 4.78 is 36.5. The number of aliphatic hydroxyl groups is 1. The first kappa shape index (κ1) is 30.3. The third-order valence-corrected chi connectivity index (χ3v) is 6.06. The number of hydrogen-bond donors (Lipinski definition) is 2. The normalized spacial score (nSPS) is 12.3. The Morgan fingerprint density at radius 1 is 1.00 bits per heavy atom. The predicted molar refractivity (Wildman–Crippen MR) is 147 cm³/mol. The van der Waals surface area contributed by atoms with Crippen molar-refractivity contribution in [3.05, 3.63) is 65.6 Å². The highest BCUT2D eigenvalue weighted by Gasteiger charge is 2.26. The molecule has 2 aromatic carbocycles. The van der Waals surface area contributed by atoms with Crippen molar-refractivity contribution in [2.45, 2.75) is 58.6 Å². The molecule has 2 N–H and O–H groups in total. The molecule has 13 heteroatoms. The van der Waals surface area contributed by atoms with E-state index in [9.17, 15) is 14.0 Å². The summed E-state index contributed by atoms with van der Waals surface area (Å²) >= 11 is 0. The second kappa shape index (κ2) is 12.9. The Bertz CT molecular complexity index is 1530. The van der Waals surface area contributed by atoms with Crippen LogP contribution < -0.4 is 10.1 Å². The highest BCUT2D eigenvalue weighted by molar-refractivity contribution is 5.95. The van der Waals surface area contributed by atoms with Gasteiger partial charge >= 0.3 is 5.97 Å². The maximum atomic E-state index is 14.9. The van der Waals surface area contributed by atoms with Crippen molar-refractivity contribution in [3.8, 4) is 28.5 Å². The third kappa shape index (κ3) is 7.35. The van der Waals surface area contributed by atoms with Gasteiger partial charge in [-0.3, -0.25) is 4.79 Å². The van der Waals surface area contributed by atoms with Gasteiger partial charge in [0.25, 0.3) is 11.8 Å². The van der Waals surface area contributed by atoms with Gasteiger partial charge in [-0.25, -0.2) is 9.18 Å². The first-order chi connectivity index (χ1) is 20.0. The van der Waals surface area contributed by atoms with Gasteiger partial charge in [0.1, 0.15) is 24.8 Å². The molecule has 0 saturated carbocycles. The standard InChI is InChI=1S/C29H32FN5O7/c1-6-22(40-19-10-7-17(8-11-19)24-31-27(16(2)3)41-34-24)28-32-25(35-42-28)18-9-12-20(21(30)13-18)26(38)33-29(4,5)15-39-23(37)14-36/h7-13,16,22,36H,6,14-15H2,1-5H3,(H,33,38). The number of nitrogens with zero attached hydrogens (tertiary/aromatic N) is 4. The first-order valence-electron chi connectivity index (χ1n) is 13.3.